The molecule has 6 heteroatoms. The van der Waals surface area contributed by atoms with Crippen LogP contribution in [0.2, 0.25) is 0 Å². The molecule has 0 saturated heterocycles. The topological polar surface area (TPSA) is 87.1 Å². The number of carbonyl (C=O) groups is 1. The average Bonchev–Trinajstić information content (AvgIpc) is 2.99. The molecule has 0 fully saturated rings. The molecule has 3 aromatic rings. The monoisotopic (exact) mass is 332 g/mol. The molecule has 1 aliphatic heterocycles. The van der Waals surface area contributed by atoms with E-state index in [0.29, 0.717) is 29.3 Å². The molecule has 124 valence electrons. The van der Waals surface area contributed by atoms with E-state index in [4.69, 9.17) is 0 Å². The maximum Gasteiger partial charge on any atom is 0.251 e. The first-order chi connectivity index (χ1) is 12.1. The fourth-order valence-electron chi connectivity index (χ4n) is 2.82. The summed E-state index contributed by atoms with van der Waals surface area (Å²) >= 11 is 0. The minimum absolute atomic E-state index is 0.0312. The third-order valence-corrected chi connectivity index (χ3v) is 4.20. The molecule has 2 aromatic carbocycles. The predicted molar refractivity (Wildman–Crippen MR) is 94.8 cm³/mol. The molecule has 0 spiro atoms. The lowest BCUT2D eigenvalue weighted by atomic mass is 10.1. The maximum absolute atomic E-state index is 11.8. The number of nitrogens with zero attached hydrogens (tertiary/aromatic N) is 2. The number of nitrogens with one attached hydrogen (secondary N) is 2. The van der Waals surface area contributed by atoms with E-state index in [0.717, 1.165) is 16.7 Å². The minimum atomic E-state index is -0.0918. The highest BCUT2D eigenvalue weighted by atomic mass is 16.3. The number of fused-ring (bicyclic) bond motifs is 1. The molecule has 0 aliphatic carbocycles. The summed E-state index contributed by atoms with van der Waals surface area (Å²) in [6.45, 7) is 2.55. The van der Waals surface area contributed by atoms with Crippen LogP contribution in [0.25, 0.3) is 11.3 Å². The van der Waals surface area contributed by atoms with Crippen LogP contribution in [0.4, 0.5) is 11.5 Å². The Kier molecular flexibility index (Phi) is 3.57. The SMILES string of the molecule is Cc1ccc(-c2ncnc(Nc3ccc4c(c3)C(=O)NC4)c2O)cc1. The minimum Gasteiger partial charge on any atom is -0.503 e. The Morgan fingerprint density at radius 3 is 2.72 bits per heavy atom. The molecular formula is C19H16N4O2. The largest absolute Gasteiger partial charge is 0.503 e. The number of aromatic hydroxyl groups is 1. The molecule has 1 amide bonds. The zero-order chi connectivity index (χ0) is 17.4. The smallest absolute Gasteiger partial charge is 0.251 e. The van der Waals surface area contributed by atoms with E-state index >= 15 is 0 Å². The van der Waals surface area contributed by atoms with Crippen LogP contribution in [-0.4, -0.2) is 21.0 Å². The van der Waals surface area contributed by atoms with Crippen LogP contribution in [0.15, 0.2) is 48.8 Å². The Morgan fingerprint density at radius 2 is 1.92 bits per heavy atom. The first-order valence-corrected chi connectivity index (χ1v) is 7.91. The fraction of sp³-hybridized carbons (Fsp3) is 0.105. The van der Waals surface area contributed by atoms with Crippen LogP contribution in [-0.2, 0) is 6.54 Å². The van der Waals surface area contributed by atoms with Gasteiger partial charge in [0, 0.05) is 23.4 Å². The van der Waals surface area contributed by atoms with Crippen molar-refractivity contribution in [3.63, 3.8) is 0 Å². The zero-order valence-corrected chi connectivity index (χ0v) is 13.6. The lowest BCUT2D eigenvalue weighted by Crippen LogP contribution is -2.12. The van der Waals surface area contributed by atoms with E-state index in [9.17, 15) is 9.90 Å². The van der Waals surface area contributed by atoms with Crippen molar-refractivity contribution < 1.29 is 9.90 Å². The highest BCUT2D eigenvalue weighted by Gasteiger charge is 2.19. The van der Waals surface area contributed by atoms with E-state index in [1.54, 1.807) is 6.07 Å². The molecule has 3 N–H and O–H groups in total. The summed E-state index contributed by atoms with van der Waals surface area (Å²) in [5.41, 5.74) is 4.67. The second-order valence-corrected chi connectivity index (χ2v) is 5.97. The number of carbonyl (C=O) groups excluding carboxylic acids is 1. The van der Waals surface area contributed by atoms with Gasteiger partial charge >= 0.3 is 0 Å². The Morgan fingerprint density at radius 1 is 1.12 bits per heavy atom. The summed E-state index contributed by atoms with van der Waals surface area (Å²) in [6, 6.07) is 13.2. The number of rotatable bonds is 3. The maximum atomic E-state index is 11.8. The molecule has 0 unspecified atom stereocenters. The molecule has 6 nitrogen and oxygen atoms in total. The van der Waals surface area contributed by atoms with Gasteiger partial charge in [-0.2, -0.15) is 0 Å². The zero-order valence-electron chi connectivity index (χ0n) is 13.6. The molecule has 0 atom stereocenters. The van der Waals surface area contributed by atoms with Crippen molar-refractivity contribution in [2.75, 3.05) is 5.32 Å². The summed E-state index contributed by atoms with van der Waals surface area (Å²) < 4.78 is 0. The van der Waals surface area contributed by atoms with Crippen LogP contribution in [0.1, 0.15) is 21.5 Å². The van der Waals surface area contributed by atoms with Crippen LogP contribution in [0, 0.1) is 6.92 Å². The molecular weight excluding hydrogens is 316 g/mol. The average molecular weight is 332 g/mol. The van der Waals surface area contributed by atoms with Gasteiger partial charge in [0.05, 0.1) is 0 Å². The Balaban J connectivity index is 1.68. The van der Waals surface area contributed by atoms with Crippen molar-refractivity contribution in [1.82, 2.24) is 15.3 Å². The van der Waals surface area contributed by atoms with Crippen molar-refractivity contribution in [2.24, 2.45) is 0 Å². The summed E-state index contributed by atoms with van der Waals surface area (Å²) in [5.74, 6) is 0.172. The van der Waals surface area contributed by atoms with Gasteiger partial charge in [-0.25, -0.2) is 9.97 Å². The fourth-order valence-corrected chi connectivity index (χ4v) is 2.82. The molecule has 0 bridgehead atoms. The summed E-state index contributed by atoms with van der Waals surface area (Å²) in [7, 11) is 0. The molecule has 0 saturated carbocycles. The second-order valence-electron chi connectivity index (χ2n) is 5.97. The van der Waals surface area contributed by atoms with Gasteiger partial charge in [0.15, 0.2) is 11.6 Å². The Hall–Kier alpha value is -3.41. The van der Waals surface area contributed by atoms with E-state index in [-0.39, 0.29) is 11.7 Å². The van der Waals surface area contributed by atoms with Gasteiger partial charge in [-0.3, -0.25) is 4.79 Å². The number of benzene rings is 2. The quantitative estimate of drug-likeness (QED) is 0.686. The third-order valence-electron chi connectivity index (χ3n) is 4.20. The highest BCUT2D eigenvalue weighted by Crippen LogP contribution is 2.34. The molecule has 1 aromatic heterocycles. The standard InChI is InChI=1S/C19H16N4O2/c1-11-2-4-12(5-3-11)16-17(24)18(22-10-21-16)23-14-7-6-13-9-20-19(25)15(13)8-14/h2-8,10,24H,9H2,1H3,(H,20,25)(H,21,22,23). The van der Waals surface area contributed by atoms with Crippen molar-refractivity contribution in [3.8, 4) is 17.0 Å². The Labute approximate surface area is 144 Å². The predicted octanol–water partition coefficient (Wildman–Crippen LogP) is 3.14. The normalized spacial score (nSPS) is 12.6. The van der Waals surface area contributed by atoms with Gasteiger partial charge in [-0.1, -0.05) is 35.9 Å². The lowest BCUT2D eigenvalue weighted by Gasteiger charge is -2.11. The first kappa shape index (κ1) is 15.1. The highest BCUT2D eigenvalue weighted by molar-refractivity contribution is 5.99. The molecule has 4 rings (SSSR count). The van der Waals surface area contributed by atoms with Gasteiger partial charge < -0.3 is 15.7 Å². The summed E-state index contributed by atoms with van der Waals surface area (Å²) in [6.07, 6.45) is 1.40. The molecule has 2 heterocycles. The molecule has 0 radical (unpaired) electrons. The van der Waals surface area contributed by atoms with Crippen LogP contribution < -0.4 is 10.6 Å². The first-order valence-electron chi connectivity index (χ1n) is 7.91. The molecule has 25 heavy (non-hydrogen) atoms. The Bertz CT molecular complexity index is 968. The number of anilines is 2. The van der Waals surface area contributed by atoms with Gasteiger partial charge in [0.25, 0.3) is 5.91 Å². The number of hydrogen-bond acceptors (Lipinski definition) is 5. The van der Waals surface area contributed by atoms with Crippen molar-refractivity contribution in [2.45, 2.75) is 13.5 Å². The van der Waals surface area contributed by atoms with Crippen molar-refractivity contribution in [1.29, 1.82) is 0 Å². The van der Waals surface area contributed by atoms with Gasteiger partial charge in [0.2, 0.25) is 0 Å². The van der Waals surface area contributed by atoms with E-state index < -0.39 is 0 Å². The van der Waals surface area contributed by atoms with Gasteiger partial charge in [-0.05, 0) is 24.6 Å². The van der Waals surface area contributed by atoms with Crippen LogP contribution in [0.5, 0.6) is 5.75 Å². The van der Waals surface area contributed by atoms with E-state index in [2.05, 4.69) is 20.6 Å². The third kappa shape index (κ3) is 2.78. The van der Waals surface area contributed by atoms with Crippen molar-refractivity contribution >= 4 is 17.4 Å². The number of aromatic nitrogens is 2. The molecule has 1 aliphatic rings. The van der Waals surface area contributed by atoms with Gasteiger partial charge in [0.1, 0.15) is 12.0 Å². The lowest BCUT2D eigenvalue weighted by molar-refractivity contribution is 0.0966. The van der Waals surface area contributed by atoms with E-state index in [1.165, 1.54) is 6.33 Å². The number of hydrogen-bond donors (Lipinski definition) is 3. The van der Waals surface area contributed by atoms with Crippen molar-refractivity contribution in [3.05, 3.63) is 65.5 Å². The van der Waals surface area contributed by atoms with E-state index in [1.807, 2.05) is 43.3 Å². The second kappa shape index (κ2) is 5.90. The van der Waals surface area contributed by atoms with Crippen LogP contribution in [0.3, 0.4) is 0 Å². The summed E-state index contributed by atoms with van der Waals surface area (Å²) in [4.78, 5) is 20.1. The number of aryl methyl sites for hydroxylation is 1. The number of amides is 1. The van der Waals surface area contributed by atoms with Gasteiger partial charge in [-0.15, -0.1) is 0 Å². The van der Waals surface area contributed by atoms with Crippen LogP contribution >= 0.6 is 0 Å². The summed E-state index contributed by atoms with van der Waals surface area (Å²) in [5, 5.41) is 16.4.